The van der Waals surface area contributed by atoms with Crippen LogP contribution >= 0.6 is 23.4 Å². The Morgan fingerprint density at radius 2 is 1.67 bits per heavy atom. The van der Waals surface area contributed by atoms with E-state index in [1.165, 1.54) is 0 Å². The molecule has 3 aromatic carbocycles. The third kappa shape index (κ3) is 8.72. The number of halogens is 1. The molecule has 2 amide bonds. The molecule has 0 radical (unpaired) electrons. The molecule has 6 heteroatoms. The molecule has 1 atom stereocenters. The SMILES string of the molecule is CCCNC(=O)[C@@H](Cc1ccccc1)N(Cc1ccccc1C)C(=O)CCCSc1ccc(Cl)cc1. The monoisotopic (exact) mass is 522 g/mol. The summed E-state index contributed by atoms with van der Waals surface area (Å²) < 4.78 is 0. The van der Waals surface area contributed by atoms with Gasteiger partial charge in [0.1, 0.15) is 6.04 Å². The minimum atomic E-state index is -0.574. The Balaban J connectivity index is 1.78. The fraction of sp³-hybridized carbons (Fsp3) is 0.333. The third-order valence-electron chi connectivity index (χ3n) is 6.04. The van der Waals surface area contributed by atoms with Gasteiger partial charge in [-0.15, -0.1) is 11.8 Å². The summed E-state index contributed by atoms with van der Waals surface area (Å²) in [6, 6.07) is 25.2. The molecule has 0 saturated heterocycles. The maximum atomic E-state index is 13.6. The molecule has 4 nitrogen and oxygen atoms in total. The van der Waals surface area contributed by atoms with Gasteiger partial charge in [0.2, 0.25) is 11.8 Å². The van der Waals surface area contributed by atoms with E-state index in [2.05, 4.69) is 5.32 Å². The van der Waals surface area contributed by atoms with Crippen molar-refractivity contribution in [3.63, 3.8) is 0 Å². The van der Waals surface area contributed by atoms with Crippen LogP contribution in [-0.4, -0.2) is 35.1 Å². The topological polar surface area (TPSA) is 49.4 Å². The first-order chi connectivity index (χ1) is 17.5. The molecule has 0 saturated carbocycles. The zero-order valence-electron chi connectivity index (χ0n) is 21.1. The van der Waals surface area contributed by atoms with Gasteiger partial charge in [0.15, 0.2) is 0 Å². The van der Waals surface area contributed by atoms with Gasteiger partial charge in [0.05, 0.1) is 0 Å². The van der Waals surface area contributed by atoms with Crippen LogP contribution in [0.25, 0.3) is 0 Å². The normalized spacial score (nSPS) is 11.6. The summed E-state index contributed by atoms with van der Waals surface area (Å²) in [6.07, 6.45) is 2.44. The van der Waals surface area contributed by atoms with Crippen LogP contribution in [0.5, 0.6) is 0 Å². The predicted molar refractivity (Wildman–Crippen MR) is 150 cm³/mol. The molecule has 3 aromatic rings. The second-order valence-electron chi connectivity index (χ2n) is 8.85. The maximum absolute atomic E-state index is 13.6. The summed E-state index contributed by atoms with van der Waals surface area (Å²) in [5.74, 6) is 0.720. The second-order valence-corrected chi connectivity index (χ2v) is 10.5. The summed E-state index contributed by atoms with van der Waals surface area (Å²) >= 11 is 7.69. The number of aryl methyl sites for hydroxylation is 1. The third-order valence-corrected chi connectivity index (χ3v) is 7.39. The van der Waals surface area contributed by atoms with Gasteiger partial charge in [-0.2, -0.15) is 0 Å². The quantitative estimate of drug-likeness (QED) is 0.201. The molecular formula is C30H35ClN2O2S. The zero-order chi connectivity index (χ0) is 25.8. The number of nitrogens with one attached hydrogen (secondary N) is 1. The number of benzene rings is 3. The van der Waals surface area contributed by atoms with Crippen molar-refractivity contribution in [1.82, 2.24) is 10.2 Å². The Labute approximate surface area is 224 Å². The molecule has 0 aromatic heterocycles. The maximum Gasteiger partial charge on any atom is 0.243 e. The van der Waals surface area contributed by atoms with E-state index >= 15 is 0 Å². The lowest BCUT2D eigenvalue weighted by Crippen LogP contribution is -2.50. The van der Waals surface area contributed by atoms with Crippen LogP contribution in [-0.2, 0) is 22.6 Å². The van der Waals surface area contributed by atoms with E-state index in [0.29, 0.717) is 31.0 Å². The van der Waals surface area contributed by atoms with Crippen LogP contribution in [0, 0.1) is 6.92 Å². The fourth-order valence-electron chi connectivity index (χ4n) is 3.98. The van der Waals surface area contributed by atoms with Gasteiger partial charge < -0.3 is 10.2 Å². The van der Waals surface area contributed by atoms with Crippen molar-refractivity contribution >= 4 is 35.2 Å². The highest BCUT2D eigenvalue weighted by molar-refractivity contribution is 7.99. The van der Waals surface area contributed by atoms with Crippen molar-refractivity contribution in [3.05, 3.63) is 101 Å². The number of amides is 2. The summed E-state index contributed by atoms with van der Waals surface area (Å²) in [5, 5.41) is 3.75. The van der Waals surface area contributed by atoms with E-state index < -0.39 is 6.04 Å². The number of thioether (sulfide) groups is 1. The Bertz CT molecular complexity index is 1110. The molecule has 0 spiro atoms. The van der Waals surface area contributed by atoms with Crippen LogP contribution in [0.1, 0.15) is 42.9 Å². The van der Waals surface area contributed by atoms with Crippen molar-refractivity contribution in [2.75, 3.05) is 12.3 Å². The van der Waals surface area contributed by atoms with E-state index in [9.17, 15) is 9.59 Å². The first-order valence-corrected chi connectivity index (χ1v) is 13.9. The lowest BCUT2D eigenvalue weighted by molar-refractivity contribution is -0.141. The van der Waals surface area contributed by atoms with Gasteiger partial charge in [0.25, 0.3) is 0 Å². The molecule has 3 rings (SSSR count). The number of carbonyl (C=O) groups is 2. The minimum Gasteiger partial charge on any atom is -0.354 e. The summed E-state index contributed by atoms with van der Waals surface area (Å²) in [6.45, 7) is 5.08. The van der Waals surface area contributed by atoms with E-state index in [1.54, 1.807) is 16.7 Å². The largest absolute Gasteiger partial charge is 0.354 e. The summed E-state index contributed by atoms with van der Waals surface area (Å²) in [5.41, 5.74) is 3.21. The average Bonchev–Trinajstić information content (AvgIpc) is 2.89. The van der Waals surface area contributed by atoms with Crippen LogP contribution in [0.2, 0.25) is 5.02 Å². The standard InChI is InChI=1S/C30H35ClN2O2S/c1-3-19-32-30(35)28(21-24-11-5-4-6-12-24)33(22-25-13-8-7-10-23(25)2)29(34)14-9-20-36-27-17-15-26(31)16-18-27/h4-8,10-13,15-18,28H,3,9,14,19-22H2,1-2H3,(H,32,35)/t28-/m1/s1. The number of hydrogen-bond acceptors (Lipinski definition) is 3. The molecule has 0 aliphatic carbocycles. The van der Waals surface area contributed by atoms with Crippen molar-refractivity contribution < 1.29 is 9.59 Å². The first kappa shape index (κ1) is 27.8. The van der Waals surface area contributed by atoms with Crippen molar-refractivity contribution in [1.29, 1.82) is 0 Å². The molecule has 1 N–H and O–H groups in total. The Morgan fingerprint density at radius 1 is 0.972 bits per heavy atom. The molecule has 190 valence electrons. The smallest absolute Gasteiger partial charge is 0.243 e. The van der Waals surface area contributed by atoms with Gasteiger partial charge in [-0.3, -0.25) is 9.59 Å². The second kappa shape index (κ2) is 14.7. The van der Waals surface area contributed by atoms with E-state index in [1.807, 2.05) is 92.7 Å². The minimum absolute atomic E-state index is 0.00235. The molecule has 0 unspecified atom stereocenters. The van der Waals surface area contributed by atoms with Crippen LogP contribution in [0.3, 0.4) is 0 Å². The highest BCUT2D eigenvalue weighted by atomic mass is 35.5. The molecule has 0 bridgehead atoms. The van der Waals surface area contributed by atoms with Crippen LogP contribution in [0.4, 0.5) is 0 Å². The van der Waals surface area contributed by atoms with Crippen LogP contribution in [0.15, 0.2) is 83.8 Å². The molecule has 36 heavy (non-hydrogen) atoms. The van der Waals surface area contributed by atoms with Gasteiger partial charge in [0, 0.05) is 35.8 Å². The molecule has 0 heterocycles. The molecule has 0 aliphatic rings. The molecular weight excluding hydrogens is 488 g/mol. The van der Waals surface area contributed by atoms with E-state index in [4.69, 9.17) is 11.6 Å². The van der Waals surface area contributed by atoms with Gasteiger partial charge >= 0.3 is 0 Å². The van der Waals surface area contributed by atoms with Gasteiger partial charge in [-0.05, 0) is 66.5 Å². The summed E-state index contributed by atoms with van der Waals surface area (Å²) in [7, 11) is 0. The summed E-state index contributed by atoms with van der Waals surface area (Å²) in [4.78, 5) is 29.9. The highest BCUT2D eigenvalue weighted by Gasteiger charge is 2.30. The molecule has 0 aliphatic heterocycles. The predicted octanol–water partition coefficient (Wildman–Crippen LogP) is 6.69. The zero-order valence-corrected chi connectivity index (χ0v) is 22.7. The lowest BCUT2D eigenvalue weighted by atomic mass is 10.0. The van der Waals surface area contributed by atoms with E-state index in [0.717, 1.165) is 40.2 Å². The average molecular weight is 523 g/mol. The number of rotatable bonds is 13. The van der Waals surface area contributed by atoms with Crippen molar-refractivity contribution in [2.45, 2.75) is 57.0 Å². The number of hydrogen-bond donors (Lipinski definition) is 1. The Hall–Kier alpha value is -2.76. The van der Waals surface area contributed by atoms with Gasteiger partial charge in [-0.1, -0.05) is 73.1 Å². The van der Waals surface area contributed by atoms with Gasteiger partial charge in [-0.25, -0.2) is 0 Å². The van der Waals surface area contributed by atoms with E-state index in [-0.39, 0.29) is 11.8 Å². The Kier molecular flexibility index (Phi) is 11.4. The number of nitrogens with zero attached hydrogens (tertiary/aromatic N) is 1. The fourth-order valence-corrected chi connectivity index (χ4v) is 4.96. The van der Waals surface area contributed by atoms with Crippen LogP contribution < -0.4 is 5.32 Å². The lowest BCUT2D eigenvalue weighted by Gasteiger charge is -2.32. The first-order valence-electron chi connectivity index (χ1n) is 12.5. The number of carbonyl (C=O) groups excluding carboxylic acids is 2. The molecule has 0 fully saturated rings. The van der Waals surface area contributed by atoms with Crippen molar-refractivity contribution in [3.8, 4) is 0 Å². The highest BCUT2D eigenvalue weighted by Crippen LogP contribution is 2.23. The Morgan fingerprint density at radius 3 is 2.36 bits per heavy atom. The van der Waals surface area contributed by atoms with Crippen molar-refractivity contribution in [2.24, 2.45) is 0 Å².